The van der Waals surface area contributed by atoms with Crippen LogP contribution in [-0.4, -0.2) is 58.5 Å². The molecule has 0 heterocycles. The Balaban J connectivity index is 1.82. The van der Waals surface area contributed by atoms with Gasteiger partial charge in [-0.2, -0.15) is 0 Å². The van der Waals surface area contributed by atoms with Crippen LogP contribution < -0.4 is 19.1 Å². The molecule has 0 fully saturated rings. The molecule has 254 valence electrons. The van der Waals surface area contributed by atoms with Crippen molar-refractivity contribution >= 4 is 27.5 Å². The topological polar surface area (TPSA) is 105 Å². The molecule has 0 aliphatic rings. The number of halogens is 1. The molecule has 0 radical (unpaired) electrons. The summed E-state index contributed by atoms with van der Waals surface area (Å²) < 4.78 is 54.2. The Hall–Kier alpha value is -4.90. The van der Waals surface area contributed by atoms with Crippen molar-refractivity contribution in [2.45, 2.75) is 50.6 Å². The summed E-state index contributed by atoms with van der Waals surface area (Å²) in [5.41, 5.74) is 2.63. The number of aryl methyl sites for hydroxylation is 1. The molecule has 2 amide bonds. The Kier molecular flexibility index (Phi) is 12.6. The minimum atomic E-state index is -4.43. The van der Waals surface area contributed by atoms with Crippen molar-refractivity contribution in [3.63, 3.8) is 0 Å². The van der Waals surface area contributed by atoms with E-state index in [0.717, 1.165) is 46.0 Å². The van der Waals surface area contributed by atoms with Crippen LogP contribution in [0.4, 0.5) is 10.1 Å². The van der Waals surface area contributed by atoms with Gasteiger partial charge in [-0.3, -0.25) is 13.9 Å². The first-order chi connectivity index (χ1) is 23.1. The van der Waals surface area contributed by atoms with Crippen LogP contribution in [0.1, 0.15) is 36.5 Å². The number of hydrogen-bond donors (Lipinski definition) is 1. The van der Waals surface area contributed by atoms with Crippen molar-refractivity contribution in [3.05, 3.63) is 120 Å². The molecular weight excluding hydrogens is 633 g/mol. The second-order valence-corrected chi connectivity index (χ2v) is 13.2. The third-order valence-corrected chi connectivity index (χ3v) is 9.81. The number of benzene rings is 4. The van der Waals surface area contributed by atoms with Crippen LogP contribution in [0.5, 0.6) is 11.5 Å². The van der Waals surface area contributed by atoms with E-state index < -0.39 is 34.3 Å². The van der Waals surface area contributed by atoms with Gasteiger partial charge in [-0.05, 0) is 66.4 Å². The van der Waals surface area contributed by atoms with Gasteiger partial charge in [-0.25, -0.2) is 12.8 Å². The van der Waals surface area contributed by atoms with Crippen LogP contribution in [0.25, 0.3) is 0 Å². The summed E-state index contributed by atoms with van der Waals surface area (Å²) in [4.78, 5) is 29.8. The molecule has 0 aliphatic heterocycles. The highest BCUT2D eigenvalue weighted by atomic mass is 32.2. The zero-order chi connectivity index (χ0) is 34.7. The minimum Gasteiger partial charge on any atom is -0.493 e. The predicted octanol–water partition coefficient (Wildman–Crippen LogP) is 5.90. The van der Waals surface area contributed by atoms with E-state index in [-0.39, 0.29) is 35.2 Å². The van der Waals surface area contributed by atoms with Crippen LogP contribution in [0.15, 0.2) is 102 Å². The lowest BCUT2D eigenvalue weighted by molar-refractivity contribution is -0.140. The highest BCUT2D eigenvalue weighted by molar-refractivity contribution is 7.92. The number of nitrogens with one attached hydrogen (secondary N) is 1. The van der Waals surface area contributed by atoms with E-state index in [1.165, 1.54) is 49.5 Å². The molecular formula is C37H42FN3O6S. The number of carbonyl (C=O) groups excluding carboxylic acids is 2. The minimum absolute atomic E-state index is 0.0534. The Labute approximate surface area is 282 Å². The molecule has 0 aliphatic carbocycles. The first-order valence-electron chi connectivity index (χ1n) is 15.7. The second-order valence-electron chi connectivity index (χ2n) is 11.3. The first kappa shape index (κ1) is 35.9. The maximum Gasteiger partial charge on any atom is 0.264 e. The number of methoxy groups -OCH3 is 2. The fraction of sp³-hybridized carbons (Fsp3) is 0.297. The molecule has 0 aromatic heterocycles. The third-order valence-electron chi connectivity index (χ3n) is 8.04. The van der Waals surface area contributed by atoms with E-state index in [9.17, 15) is 22.4 Å². The van der Waals surface area contributed by atoms with Crippen molar-refractivity contribution in [1.29, 1.82) is 0 Å². The summed E-state index contributed by atoms with van der Waals surface area (Å²) in [5, 5.41) is 2.98. The number of unbranched alkanes of at least 4 members (excludes halogenated alkanes) is 1. The number of nitrogens with zero attached hydrogens (tertiary/aromatic N) is 2. The number of anilines is 1. The van der Waals surface area contributed by atoms with E-state index >= 15 is 0 Å². The molecule has 9 nitrogen and oxygen atoms in total. The van der Waals surface area contributed by atoms with Crippen molar-refractivity contribution in [1.82, 2.24) is 10.2 Å². The molecule has 0 spiro atoms. The molecule has 1 N–H and O–H groups in total. The fourth-order valence-corrected chi connectivity index (χ4v) is 6.70. The number of rotatable bonds is 16. The van der Waals surface area contributed by atoms with Crippen LogP contribution in [0.2, 0.25) is 0 Å². The molecule has 4 rings (SSSR count). The standard InChI is InChI=1S/C37H42FN3O6S/c1-5-6-22-39-37(43)33(23-28-13-8-7-9-14-28)40(25-29-15-11-10-12-27(29)2)36(42)26-41(31-18-16-30(38)17-19-31)48(44,45)32-20-21-34(46-3)35(24-32)47-4/h7-21,24,33H,5-6,22-23,25-26H2,1-4H3,(H,39,43). The van der Waals surface area contributed by atoms with Crippen molar-refractivity contribution in [2.75, 3.05) is 31.6 Å². The van der Waals surface area contributed by atoms with Crippen LogP contribution in [0, 0.1) is 12.7 Å². The van der Waals surface area contributed by atoms with Crippen LogP contribution in [-0.2, 0) is 32.6 Å². The summed E-state index contributed by atoms with van der Waals surface area (Å²) in [6, 6.07) is 24.9. The summed E-state index contributed by atoms with van der Waals surface area (Å²) >= 11 is 0. The Morgan fingerprint density at radius 2 is 1.54 bits per heavy atom. The van der Waals surface area contributed by atoms with Crippen LogP contribution >= 0.6 is 0 Å². The summed E-state index contributed by atoms with van der Waals surface area (Å²) in [6.45, 7) is 3.75. The number of carbonyl (C=O) groups is 2. The van der Waals surface area contributed by atoms with E-state index in [0.29, 0.717) is 12.3 Å². The highest BCUT2D eigenvalue weighted by Crippen LogP contribution is 2.32. The lowest BCUT2D eigenvalue weighted by Crippen LogP contribution is -2.53. The van der Waals surface area contributed by atoms with Crippen molar-refractivity contribution in [3.8, 4) is 11.5 Å². The molecule has 4 aromatic carbocycles. The van der Waals surface area contributed by atoms with Gasteiger partial charge in [-0.1, -0.05) is 67.9 Å². The number of ether oxygens (including phenoxy) is 2. The van der Waals surface area contributed by atoms with Gasteiger partial charge in [-0.15, -0.1) is 0 Å². The van der Waals surface area contributed by atoms with Gasteiger partial charge in [0.25, 0.3) is 10.0 Å². The molecule has 0 saturated carbocycles. The Morgan fingerprint density at radius 1 is 0.875 bits per heavy atom. The van der Waals surface area contributed by atoms with Gasteiger partial charge in [0, 0.05) is 25.6 Å². The fourth-order valence-electron chi connectivity index (χ4n) is 5.27. The monoisotopic (exact) mass is 675 g/mol. The first-order valence-corrected chi connectivity index (χ1v) is 17.2. The molecule has 11 heteroatoms. The largest absolute Gasteiger partial charge is 0.493 e. The van der Waals surface area contributed by atoms with Gasteiger partial charge in [0.05, 0.1) is 24.8 Å². The van der Waals surface area contributed by atoms with Crippen molar-refractivity contribution < 1.29 is 31.9 Å². The highest BCUT2D eigenvalue weighted by Gasteiger charge is 2.35. The smallest absolute Gasteiger partial charge is 0.264 e. The van der Waals surface area contributed by atoms with E-state index in [2.05, 4.69) is 5.32 Å². The molecule has 48 heavy (non-hydrogen) atoms. The lowest BCUT2D eigenvalue weighted by atomic mass is 10.0. The number of amides is 2. The molecule has 0 bridgehead atoms. The lowest BCUT2D eigenvalue weighted by Gasteiger charge is -2.34. The average Bonchev–Trinajstić information content (AvgIpc) is 3.09. The molecule has 4 aromatic rings. The predicted molar refractivity (Wildman–Crippen MR) is 184 cm³/mol. The SMILES string of the molecule is CCCCNC(=O)C(Cc1ccccc1)N(Cc1ccccc1C)C(=O)CN(c1ccc(F)cc1)S(=O)(=O)c1ccc(OC)c(OC)c1. The third kappa shape index (κ3) is 8.92. The summed E-state index contributed by atoms with van der Waals surface area (Å²) in [5.74, 6) is -1.02. The summed E-state index contributed by atoms with van der Waals surface area (Å²) in [6.07, 6.45) is 1.84. The van der Waals surface area contributed by atoms with Gasteiger partial charge < -0.3 is 19.7 Å². The normalized spacial score (nSPS) is 11.8. The Morgan fingerprint density at radius 3 is 2.19 bits per heavy atom. The van der Waals surface area contributed by atoms with Gasteiger partial charge >= 0.3 is 0 Å². The summed E-state index contributed by atoms with van der Waals surface area (Å²) in [7, 11) is -1.61. The van der Waals surface area contributed by atoms with Gasteiger partial charge in [0.2, 0.25) is 11.8 Å². The maximum atomic E-state index is 14.6. The molecule has 1 unspecified atom stereocenters. The van der Waals surface area contributed by atoms with E-state index in [4.69, 9.17) is 9.47 Å². The number of hydrogen-bond acceptors (Lipinski definition) is 6. The van der Waals surface area contributed by atoms with E-state index in [1.54, 1.807) is 0 Å². The van der Waals surface area contributed by atoms with Crippen LogP contribution in [0.3, 0.4) is 0 Å². The van der Waals surface area contributed by atoms with E-state index in [1.807, 2.05) is 68.4 Å². The van der Waals surface area contributed by atoms with Gasteiger partial charge in [0.15, 0.2) is 11.5 Å². The molecule has 0 saturated heterocycles. The van der Waals surface area contributed by atoms with Crippen molar-refractivity contribution in [2.24, 2.45) is 0 Å². The average molecular weight is 676 g/mol. The second kappa shape index (κ2) is 16.8. The molecule has 1 atom stereocenters. The maximum absolute atomic E-state index is 14.6. The Bertz CT molecular complexity index is 1780. The zero-order valence-corrected chi connectivity index (χ0v) is 28.5. The quantitative estimate of drug-likeness (QED) is 0.148. The number of sulfonamides is 1. The zero-order valence-electron chi connectivity index (χ0n) is 27.7. The van der Waals surface area contributed by atoms with Gasteiger partial charge in [0.1, 0.15) is 18.4 Å².